The molecule has 0 radical (unpaired) electrons. The van der Waals surface area contributed by atoms with E-state index in [1.807, 2.05) is 0 Å². The minimum absolute atomic E-state index is 0. The maximum atomic E-state index is 11.8. The van der Waals surface area contributed by atoms with Crippen LogP contribution in [0, 0.1) is 5.92 Å². The fourth-order valence-corrected chi connectivity index (χ4v) is 4.03. The van der Waals surface area contributed by atoms with Crippen molar-refractivity contribution in [3.63, 3.8) is 0 Å². The van der Waals surface area contributed by atoms with Gasteiger partial charge in [0.1, 0.15) is 4.21 Å². The first-order valence-corrected chi connectivity index (χ1v) is 8.33. The molecule has 20 heavy (non-hydrogen) atoms. The summed E-state index contributed by atoms with van der Waals surface area (Å²) in [6, 6.07) is 3.27. The standard InChI is InChI=1S/C11H17N3O3S2.ClH/c1-12-19(16,17)10-3-2-9(18-10)7-14-11(15)8-4-5-13-6-8;/h2-3,8,12-13H,4-7H2,1H3,(H,14,15);1H. The molecule has 1 aromatic heterocycles. The number of halogens is 1. The van der Waals surface area contributed by atoms with Gasteiger partial charge in [0.05, 0.1) is 12.5 Å². The summed E-state index contributed by atoms with van der Waals surface area (Å²) in [4.78, 5) is 12.6. The molecule has 9 heteroatoms. The van der Waals surface area contributed by atoms with Gasteiger partial charge in [0.2, 0.25) is 15.9 Å². The second kappa shape index (κ2) is 7.37. The molecule has 0 aromatic carbocycles. The number of nitrogens with one attached hydrogen (secondary N) is 3. The van der Waals surface area contributed by atoms with Crippen molar-refractivity contribution in [3.8, 4) is 0 Å². The van der Waals surface area contributed by atoms with Crippen molar-refractivity contribution in [2.24, 2.45) is 5.92 Å². The van der Waals surface area contributed by atoms with E-state index in [2.05, 4.69) is 15.4 Å². The Hall–Kier alpha value is -0.670. The van der Waals surface area contributed by atoms with Gasteiger partial charge in [-0.25, -0.2) is 13.1 Å². The minimum atomic E-state index is -3.39. The number of carbonyl (C=O) groups excluding carboxylic acids is 1. The van der Waals surface area contributed by atoms with Crippen LogP contribution in [0.25, 0.3) is 0 Å². The van der Waals surface area contributed by atoms with Crippen molar-refractivity contribution in [2.45, 2.75) is 17.2 Å². The van der Waals surface area contributed by atoms with Crippen molar-refractivity contribution >= 4 is 39.7 Å². The lowest BCUT2D eigenvalue weighted by Crippen LogP contribution is -2.31. The number of sulfonamides is 1. The van der Waals surface area contributed by atoms with Gasteiger partial charge in [-0.1, -0.05) is 0 Å². The molecule has 1 aromatic rings. The molecule has 1 fully saturated rings. The van der Waals surface area contributed by atoms with Crippen LogP contribution in [0.5, 0.6) is 0 Å². The highest BCUT2D eigenvalue weighted by Crippen LogP contribution is 2.21. The number of thiophene rings is 1. The Morgan fingerprint density at radius 1 is 1.50 bits per heavy atom. The SMILES string of the molecule is CNS(=O)(=O)c1ccc(CNC(=O)C2CCNC2)s1.Cl. The third-order valence-electron chi connectivity index (χ3n) is 3.04. The number of rotatable bonds is 5. The predicted octanol–water partition coefficient (Wildman–Crippen LogP) is 0.304. The average Bonchev–Trinajstić information content (AvgIpc) is 3.07. The zero-order chi connectivity index (χ0) is 13.9. The van der Waals surface area contributed by atoms with Crippen LogP contribution in [0.1, 0.15) is 11.3 Å². The molecule has 0 aliphatic carbocycles. The number of amides is 1. The van der Waals surface area contributed by atoms with Gasteiger partial charge >= 0.3 is 0 Å². The summed E-state index contributed by atoms with van der Waals surface area (Å²) in [5, 5.41) is 5.98. The van der Waals surface area contributed by atoms with E-state index in [9.17, 15) is 13.2 Å². The lowest BCUT2D eigenvalue weighted by Gasteiger charge is -2.08. The number of carbonyl (C=O) groups is 1. The average molecular weight is 340 g/mol. The van der Waals surface area contributed by atoms with Crippen molar-refractivity contribution in [1.82, 2.24) is 15.4 Å². The predicted molar refractivity (Wildman–Crippen MR) is 80.6 cm³/mol. The van der Waals surface area contributed by atoms with Gasteiger partial charge in [-0.3, -0.25) is 4.79 Å². The van der Waals surface area contributed by atoms with Gasteiger partial charge in [0.15, 0.2) is 0 Å². The number of hydrogen-bond acceptors (Lipinski definition) is 5. The highest BCUT2D eigenvalue weighted by Gasteiger charge is 2.22. The molecule has 1 aliphatic heterocycles. The molecule has 0 spiro atoms. The monoisotopic (exact) mass is 339 g/mol. The van der Waals surface area contributed by atoms with Crippen molar-refractivity contribution in [3.05, 3.63) is 17.0 Å². The zero-order valence-corrected chi connectivity index (χ0v) is 13.5. The van der Waals surface area contributed by atoms with E-state index in [0.29, 0.717) is 6.54 Å². The zero-order valence-electron chi connectivity index (χ0n) is 11.0. The summed E-state index contributed by atoms with van der Waals surface area (Å²) in [6.45, 7) is 1.97. The third-order valence-corrected chi connectivity index (χ3v) is 6.03. The van der Waals surface area contributed by atoms with Crippen LogP contribution in [0.2, 0.25) is 0 Å². The quantitative estimate of drug-likeness (QED) is 0.720. The molecule has 1 saturated heterocycles. The molecule has 1 unspecified atom stereocenters. The Morgan fingerprint density at radius 2 is 2.25 bits per heavy atom. The lowest BCUT2D eigenvalue weighted by molar-refractivity contribution is -0.124. The van der Waals surface area contributed by atoms with Crippen LogP contribution in [0.4, 0.5) is 0 Å². The largest absolute Gasteiger partial charge is 0.351 e. The second-order valence-electron chi connectivity index (χ2n) is 4.34. The van der Waals surface area contributed by atoms with Gasteiger partial charge in [-0.2, -0.15) is 0 Å². The molecule has 6 nitrogen and oxygen atoms in total. The Labute approximate surface area is 128 Å². The first-order valence-electron chi connectivity index (χ1n) is 6.03. The van der Waals surface area contributed by atoms with Crippen LogP contribution in [-0.2, 0) is 21.4 Å². The van der Waals surface area contributed by atoms with Crippen LogP contribution < -0.4 is 15.4 Å². The highest BCUT2D eigenvalue weighted by molar-refractivity contribution is 7.91. The second-order valence-corrected chi connectivity index (χ2v) is 7.62. The van der Waals surface area contributed by atoms with Crippen molar-refractivity contribution < 1.29 is 13.2 Å². The van der Waals surface area contributed by atoms with Gasteiger partial charge in [-0.05, 0) is 32.1 Å². The Kier molecular flexibility index (Phi) is 6.41. The van der Waals surface area contributed by atoms with Crippen LogP contribution in [0.3, 0.4) is 0 Å². The van der Waals surface area contributed by atoms with Crippen LogP contribution >= 0.6 is 23.7 Å². The molecule has 2 rings (SSSR count). The highest BCUT2D eigenvalue weighted by atomic mass is 35.5. The number of hydrogen-bond donors (Lipinski definition) is 3. The molecular formula is C11H18ClN3O3S2. The Morgan fingerprint density at radius 3 is 2.85 bits per heavy atom. The normalized spacial score (nSPS) is 18.6. The topological polar surface area (TPSA) is 87.3 Å². The Bertz CT molecular complexity index is 553. The molecule has 1 atom stereocenters. The van der Waals surface area contributed by atoms with E-state index in [0.717, 1.165) is 24.4 Å². The van der Waals surface area contributed by atoms with Gasteiger partial charge < -0.3 is 10.6 Å². The summed E-state index contributed by atoms with van der Waals surface area (Å²) >= 11 is 1.17. The van der Waals surface area contributed by atoms with E-state index in [4.69, 9.17) is 0 Å². The molecule has 3 N–H and O–H groups in total. The minimum Gasteiger partial charge on any atom is -0.351 e. The first-order chi connectivity index (χ1) is 9.03. The van der Waals surface area contributed by atoms with Crippen molar-refractivity contribution in [2.75, 3.05) is 20.1 Å². The smallest absolute Gasteiger partial charge is 0.249 e. The van der Waals surface area contributed by atoms with Gasteiger partial charge in [0, 0.05) is 11.4 Å². The maximum Gasteiger partial charge on any atom is 0.249 e. The summed E-state index contributed by atoms with van der Waals surface area (Å²) in [5.74, 6) is 0.0527. The lowest BCUT2D eigenvalue weighted by atomic mass is 10.1. The van der Waals surface area contributed by atoms with Gasteiger partial charge in [-0.15, -0.1) is 23.7 Å². The third kappa shape index (κ3) is 4.16. The molecule has 0 saturated carbocycles. The molecule has 1 aliphatic rings. The van der Waals surface area contributed by atoms with Crippen molar-refractivity contribution in [1.29, 1.82) is 0 Å². The van der Waals surface area contributed by atoms with E-state index >= 15 is 0 Å². The summed E-state index contributed by atoms with van der Waals surface area (Å²) in [6.07, 6.45) is 0.857. The summed E-state index contributed by atoms with van der Waals surface area (Å²) in [7, 11) is -2.01. The molecule has 0 bridgehead atoms. The van der Waals surface area contributed by atoms with E-state index in [1.54, 1.807) is 12.1 Å². The fraction of sp³-hybridized carbons (Fsp3) is 0.545. The van der Waals surface area contributed by atoms with E-state index in [1.165, 1.54) is 18.4 Å². The Balaban J connectivity index is 0.00000200. The molecule has 1 amide bonds. The summed E-state index contributed by atoms with van der Waals surface area (Å²) < 4.78 is 25.7. The van der Waals surface area contributed by atoms with Gasteiger partial charge in [0.25, 0.3) is 0 Å². The summed E-state index contributed by atoms with van der Waals surface area (Å²) in [5.41, 5.74) is 0. The maximum absolute atomic E-state index is 11.8. The molecule has 2 heterocycles. The molecule has 114 valence electrons. The van der Waals surface area contributed by atoms with E-state index < -0.39 is 10.0 Å². The van der Waals surface area contributed by atoms with Crippen LogP contribution in [-0.4, -0.2) is 34.5 Å². The molecular weight excluding hydrogens is 322 g/mol. The van der Waals surface area contributed by atoms with E-state index in [-0.39, 0.29) is 28.4 Å². The fourth-order valence-electron chi connectivity index (χ4n) is 1.90. The first kappa shape index (κ1) is 17.4. The van der Waals surface area contributed by atoms with Crippen LogP contribution in [0.15, 0.2) is 16.3 Å².